The Morgan fingerprint density at radius 2 is 2.06 bits per heavy atom. The van der Waals surface area contributed by atoms with E-state index >= 15 is 0 Å². The molecule has 1 aliphatic rings. The number of amides is 1. The molecule has 1 fully saturated rings. The highest BCUT2D eigenvalue weighted by Gasteiger charge is 2.46. The summed E-state index contributed by atoms with van der Waals surface area (Å²) >= 11 is 12.0. The van der Waals surface area contributed by atoms with E-state index in [0.29, 0.717) is 23.2 Å². The summed E-state index contributed by atoms with van der Waals surface area (Å²) in [7, 11) is -2.15. The van der Waals surface area contributed by atoms with Crippen LogP contribution in [0.15, 0.2) is 24.3 Å². The van der Waals surface area contributed by atoms with Gasteiger partial charge in [-0.1, -0.05) is 70.1 Å². The number of carbonyl (C=O) groups is 1. The Morgan fingerprint density at radius 3 is 2.59 bits per heavy atom. The summed E-state index contributed by atoms with van der Waals surface area (Å²) in [5.41, 5.74) is 0.334. The maximum absolute atomic E-state index is 13.3. The standard InChI is InChI=1S/C24H39ClN2O3SSi/c1-8-9-15-29-22(28)27(24(5)13-14-26-21(24)31)17-20(18-11-10-12-19(25)16-18)30-32(6,7)23(2,3)4/h10-12,16,20H,8-9,13-15,17H2,1-7H3,(H,26,31). The van der Waals surface area contributed by atoms with Crippen molar-refractivity contribution in [3.63, 3.8) is 0 Å². The van der Waals surface area contributed by atoms with E-state index in [1.165, 1.54) is 0 Å². The van der Waals surface area contributed by atoms with Crippen LogP contribution in [0.4, 0.5) is 4.79 Å². The number of halogens is 1. The Hall–Kier alpha value is -1.15. The zero-order valence-corrected chi connectivity index (χ0v) is 23.2. The maximum atomic E-state index is 13.3. The smallest absolute Gasteiger partial charge is 0.410 e. The van der Waals surface area contributed by atoms with Gasteiger partial charge in [0.15, 0.2) is 8.32 Å². The van der Waals surface area contributed by atoms with E-state index < -0.39 is 13.9 Å². The monoisotopic (exact) mass is 498 g/mol. The molecule has 0 bridgehead atoms. The topological polar surface area (TPSA) is 50.8 Å². The van der Waals surface area contributed by atoms with Crippen molar-refractivity contribution in [2.45, 2.75) is 83.7 Å². The second-order valence-corrected chi connectivity index (χ2v) is 15.9. The number of rotatable bonds is 9. The molecule has 0 aromatic heterocycles. The second kappa shape index (κ2) is 10.8. The van der Waals surface area contributed by atoms with E-state index in [4.69, 9.17) is 33.0 Å². The molecule has 1 amide bonds. The minimum Gasteiger partial charge on any atom is -0.449 e. The normalized spacial score (nSPS) is 20.1. The first-order valence-corrected chi connectivity index (χ1v) is 15.2. The van der Waals surface area contributed by atoms with E-state index in [0.717, 1.165) is 31.4 Å². The Bertz CT molecular complexity index is 815. The zero-order valence-electron chi connectivity index (χ0n) is 20.6. The molecule has 32 heavy (non-hydrogen) atoms. The molecule has 1 aliphatic heterocycles. The van der Waals surface area contributed by atoms with E-state index in [-0.39, 0.29) is 17.2 Å². The first-order valence-electron chi connectivity index (χ1n) is 11.5. The molecule has 1 N–H and O–H groups in total. The van der Waals surface area contributed by atoms with Crippen molar-refractivity contribution in [1.29, 1.82) is 0 Å². The predicted molar refractivity (Wildman–Crippen MR) is 139 cm³/mol. The molecular formula is C24H39ClN2O3SSi. The third-order valence-electron chi connectivity index (χ3n) is 6.74. The van der Waals surface area contributed by atoms with Crippen LogP contribution in [0.25, 0.3) is 0 Å². The van der Waals surface area contributed by atoms with E-state index in [1.54, 1.807) is 4.90 Å². The summed E-state index contributed by atoms with van der Waals surface area (Å²) in [5.74, 6) is 0. The third kappa shape index (κ3) is 6.46. The molecule has 2 rings (SSSR count). The number of benzene rings is 1. The Morgan fingerprint density at radius 1 is 1.38 bits per heavy atom. The summed E-state index contributed by atoms with van der Waals surface area (Å²) < 4.78 is 12.5. The number of hydrogen-bond donors (Lipinski definition) is 1. The highest BCUT2D eigenvalue weighted by Crippen LogP contribution is 2.41. The summed E-state index contributed by atoms with van der Waals surface area (Å²) in [5, 5.41) is 3.90. The van der Waals surface area contributed by atoms with Crippen molar-refractivity contribution in [2.24, 2.45) is 0 Å². The summed E-state index contributed by atoms with van der Waals surface area (Å²) in [6.45, 7) is 16.6. The van der Waals surface area contributed by atoms with Crippen LogP contribution < -0.4 is 5.32 Å². The van der Waals surface area contributed by atoms with Gasteiger partial charge in [-0.2, -0.15) is 0 Å². The maximum Gasteiger partial charge on any atom is 0.410 e. The molecule has 1 aromatic rings. The van der Waals surface area contributed by atoms with Crippen molar-refractivity contribution in [3.05, 3.63) is 34.9 Å². The fraction of sp³-hybridized carbons (Fsp3) is 0.667. The SMILES string of the molecule is CCCCOC(=O)N(CC(O[Si](C)(C)C(C)(C)C)c1cccc(Cl)c1)C1(C)CCNC1=S. The van der Waals surface area contributed by atoms with Gasteiger partial charge in [0.2, 0.25) is 0 Å². The molecule has 1 aromatic carbocycles. The summed E-state index contributed by atoms with van der Waals surface area (Å²) in [6, 6.07) is 7.71. The van der Waals surface area contributed by atoms with E-state index in [1.807, 2.05) is 31.2 Å². The lowest BCUT2D eigenvalue weighted by atomic mass is 9.97. The van der Waals surface area contributed by atoms with Gasteiger partial charge in [-0.25, -0.2) is 4.79 Å². The number of ether oxygens (including phenoxy) is 1. The lowest BCUT2D eigenvalue weighted by Crippen LogP contribution is -2.56. The van der Waals surface area contributed by atoms with Gasteiger partial charge in [0.1, 0.15) is 4.99 Å². The molecule has 0 aliphatic carbocycles. The molecule has 1 heterocycles. The summed E-state index contributed by atoms with van der Waals surface area (Å²) in [4.78, 5) is 15.7. The number of unbranched alkanes of at least 4 members (excludes halogenated alkanes) is 1. The van der Waals surface area contributed by atoms with Crippen molar-refractivity contribution < 1.29 is 14.0 Å². The minimum absolute atomic E-state index is 0.0183. The summed E-state index contributed by atoms with van der Waals surface area (Å²) in [6.07, 6.45) is 1.84. The largest absolute Gasteiger partial charge is 0.449 e. The number of carbonyl (C=O) groups excluding carboxylic acids is 1. The third-order valence-corrected chi connectivity index (χ3v) is 12.0. The number of nitrogens with one attached hydrogen (secondary N) is 1. The predicted octanol–water partition coefficient (Wildman–Crippen LogP) is 6.72. The van der Waals surface area contributed by atoms with Crippen molar-refractivity contribution in [2.75, 3.05) is 19.7 Å². The average molecular weight is 499 g/mol. The van der Waals surface area contributed by atoms with Crippen LogP contribution in [0.3, 0.4) is 0 Å². The number of thiocarbonyl (C=S) groups is 1. The van der Waals surface area contributed by atoms with Gasteiger partial charge in [-0.3, -0.25) is 4.90 Å². The Balaban J connectivity index is 2.44. The molecule has 2 atom stereocenters. The van der Waals surface area contributed by atoms with Gasteiger partial charge in [-0.05, 0) is 55.6 Å². The molecular weight excluding hydrogens is 460 g/mol. The second-order valence-electron chi connectivity index (χ2n) is 10.3. The average Bonchev–Trinajstić information content (AvgIpc) is 3.03. The van der Waals surface area contributed by atoms with Crippen LogP contribution in [-0.2, 0) is 9.16 Å². The highest BCUT2D eigenvalue weighted by molar-refractivity contribution is 7.80. The van der Waals surface area contributed by atoms with Crippen LogP contribution in [0.5, 0.6) is 0 Å². The first kappa shape index (κ1) is 27.1. The molecule has 0 radical (unpaired) electrons. The highest BCUT2D eigenvalue weighted by atomic mass is 35.5. The molecule has 0 spiro atoms. The lowest BCUT2D eigenvalue weighted by Gasteiger charge is -2.43. The van der Waals surface area contributed by atoms with Crippen LogP contribution in [0.2, 0.25) is 23.2 Å². The van der Waals surface area contributed by atoms with Crippen molar-refractivity contribution in [3.8, 4) is 0 Å². The van der Waals surface area contributed by atoms with Gasteiger partial charge >= 0.3 is 6.09 Å². The van der Waals surface area contributed by atoms with Gasteiger partial charge in [0.05, 0.1) is 24.8 Å². The molecule has 2 unspecified atom stereocenters. The molecule has 1 saturated heterocycles. The van der Waals surface area contributed by atoms with Gasteiger partial charge in [0, 0.05) is 11.6 Å². The van der Waals surface area contributed by atoms with Gasteiger partial charge in [0.25, 0.3) is 0 Å². The zero-order chi connectivity index (χ0) is 24.2. The fourth-order valence-corrected chi connectivity index (χ4v) is 5.24. The van der Waals surface area contributed by atoms with E-state index in [2.05, 4.69) is 46.1 Å². The van der Waals surface area contributed by atoms with Crippen LogP contribution >= 0.6 is 23.8 Å². The fourth-order valence-electron chi connectivity index (χ4n) is 3.46. The Kier molecular flexibility index (Phi) is 9.19. The first-order chi connectivity index (χ1) is 14.8. The minimum atomic E-state index is -2.15. The van der Waals surface area contributed by atoms with Gasteiger partial charge in [-0.15, -0.1) is 0 Å². The van der Waals surface area contributed by atoms with Crippen molar-refractivity contribution >= 4 is 43.2 Å². The molecule has 5 nitrogen and oxygen atoms in total. The Labute approximate surface area is 205 Å². The molecule has 180 valence electrons. The quantitative estimate of drug-likeness (QED) is 0.232. The number of nitrogens with zero attached hydrogens (tertiary/aromatic N) is 1. The van der Waals surface area contributed by atoms with Crippen LogP contribution in [0, 0.1) is 0 Å². The lowest BCUT2D eigenvalue weighted by molar-refractivity contribution is 0.0484. The van der Waals surface area contributed by atoms with Gasteiger partial charge < -0.3 is 14.5 Å². The molecule has 0 saturated carbocycles. The van der Waals surface area contributed by atoms with Crippen molar-refractivity contribution in [1.82, 2.24) is 10.2 Å². The molecule has 8 heteroatoms. The van der Waals surface area contributed by atoms with Crippen LogP contribution in [0.1, 0.15) is 65.5 Å². The van der Waals surface area contributed by atoms with E-state index in [9.17, 15) is 4.79 Å². The number of hydrogen-bond acceptors (Lipinski definition) is 4. The van der Waals surface area contributed by atoms with Crippen LogP contribution in [-0.4, -0.2) is 49.5 Å².